The van der Waals surface area contributed by atoms with E-state index < -0.39 is 10.7 Å². The van der Waals surface area contributed by atoms with Crippen molar-refractivity contribution in [3.63, 3.8) is 0 Å². The van der Waals surface area contributed by atoms with Crippen LogP contribution in [-0.4, -0.2) is 14.9 Å². The molecule has 0 aliphatic rings. The van der Waals surface area contributed by atoms with Gasteiger partial charge in [0.1, 0.15) is 23.2 Å². The fourth-order valence-electron chi connectivity index (χ4n) is 2.38. The minimum atomic E-state index is -0.685. The molecule has 2 aromatic carbocycles. The minimum absolute atomic E-state index is 0.0414. The van der Waals surface area contributed by atoms with E-state index in [2.05, 4.69) is 9.97 Å². The zero-order chi connectivity index (χ0) is 19.4. The quantitative estimate of drug-likeness (QED) is 0.490. The smallest absolute Gasteiger partial charge is 0.269 e. The molecule has 3 aromatic rings. The summed E-state index contributed by atoms with van der Waals surface area (Å²) < 4.78 is 19.4. The van der Waals surface area contributed by atoms with Gasteiger partial charge in [-0.3, -0.25) is 10.1 Å². The van der Waals surface area contributed by atoms with Crippen molar-refractivity contribution in [1.29, 1.82) is 5.26 Å². The van der Waals surface area contributed by atoms with E-state index in [0.717, 1.165) is 0 Å². The molecule has 0 bridgehead atoms. The van der Waals surface area contributed by atoms with Crippen molar-refractivity contribution in [3.8, 4) is 29.1 Å². The minimum Gasteiger partial charge on any atom is -0.437 e. The van der Waals surface area contributed by atoms with Crippen molar-refractivity contribution >= 4 is 5.69 Å². The lowest BCUT2D eigenvalue weighted by molar-refractivity contribution is -0.384. The number of ether oxygens (including phenoxy) is 1. The number of nitrogens with zero attached hydrogens (tertiary/aromatic N) is 4. The van der Waals surface area contributed by atoms with Gasteiger partial charge in [0.2, 0.25) is 5.88 Å². The van der Waals surface area contributed by atoms with Crippen LogP contribution in [0.1, 0.15) is 18.2 Å². The van der Waals surface area contributed by atoms with Gasteiger partial charge in [-0.05, 0) is 30.7 Å². The van der Waals surface area contributed by atoms with Crippen LogP contribution in [0.5, 0.6) is 11.6 Å². The number of benzene rings is 2. The van der Waals surface area contributed by atoms with Crippen molar-refractivity contribution in [2.75, 3.05) is 0 Å². The summed E-state index contributed by atoms with van der Waals surface area (Å²) in [6, 6.07) is 13.2. The van der Waals surface area contributed by atoms with Crippen molar-refractivity contribution in [2.45, 2.75) is 13.3 Å². The maximum atomic E-state index is 13.8. The van der Waals surface area contributed by atoms with Gasteiger partial charge in [0.05, 0.1) is 4.92 Å². The molecule has 0 unspecified atom stereocenters. The van der Waals surface area contributed by atoms with Crippen LogP contribution in [0.15, 0.2) is 48.5 Å². The van der Waals surface area contributed by atoms with Gasteiger partial charge in [-0.1, -0.05) is 13.0 Å². The Balaban J connectivity index is 2.01. The van der Waals surface area contributed by atoms with Gasteiger partial charge in [-0.2, -0.15) is 10.2 Å². The highest BCUT2D eigenvalue weighted by atomic mass is 19.1. The van der Waals surface area contributed by atoms with Crippen LogP contribution in [0.4, 0.5) is 10.1 Å². The van der Waals surface area contributed by atoms with Crippen molar-refractivity contribution in [3.05, 3.63) is 75.7 Å². The van der Waals surface area contributed by atoms with E-state index >= 15 is 0 Å². The summed E-state index contributed by atoms with van der Waals surface area (Å²) in [5.74, 6) is -0.172. The fourth-order valence-corrected chi connectivity index (χ4v) is 2.38. The first-order valence-electron chi connectivity index (χ1n) is 8.01. The van der Waals surface area contributed by atoms with E-state index in [1.807, 2.05) is 6.92 Å². The number of non-ortho nitro benzene ring substituents is 1. The molecule has 3 rings (SSSR count). The molecule has 0 aliphatic heterocycles. The number of nitriles is 1. The molecule has 0 N–H and O–H groups in total. The predicted molar refractivity (Wildman–Crippen MR) is 94.7 cm³/mol. The molecular formula is C19H13FN4O3. The van der Waals surface area contributed by atoms with E-state index in [9.17, 15) is 14.5 Å². The number of hydrogen-bond donors (Lipinski definition) is 0. The molecule has 0 spiro atoms. The summed E-state index contributed by atoms with van der Waals surface area (Å²) in [4.78, 5) is 19.0. The maximum Gasteiger partial charge on any atom is 0.269 e. The van der Waals surface area contributed by atoms with E-state index in [1.54, 1.807) is 24.3 Å². The number of aromatic nitrogens is 2. The second kappa shape index (κ2) is 7.58. The molecule has 1 heterocycles. The Labute approximate surface area is 153 Å². The van der Waals surface area contributed by atoms with E-state index in [4.69, 9.17) is 10.00 Å². The van der Waals surface area contributed by atoms with Crippen LogP contribution in [0.25, 0.3) is 11.4 Å². The normalized spacial score (nSPS) is 10.3. The Morgan fingerprint density at radius 3 is 2.59 bits per heavy atom. The number of rotatable bonds is 5. The highest BCUT2D eigenvalue weighted by Crippen LogP contribution is 2.28. The summed E-state index contributed by atoms with van der Waals surface area (Å²) in [7, 11) is 0. The number of nitro benzene ring substituents is 1. The Morgan fingerprint density at radius 1 is 1.22 bits per heavy atom. The average molecular weight is 364 g/mol. The highest BCUT2D eigenvalue weighted by Gasteiger charge is 2.14. The van der Waals surface area contributed by atoms with Crippen LogP contribution >= 0.6 is 0 Å². The zero-order valence-corrected chi connectivity index (χ0v) is 14.2. The SMILES string of the molecule is CCc1cc(Oc2cccc(F)c2C#N)nc(-c2ccc([N+](=O)[O-])cc2)n1. The summed E-state index contributed by atoms with van der Waals surface area (Å²) in [5, 5.41) is 19.9. The Morgan fingerprint density at radius 2 is 1.96 bits per heavy atom. The summed E-state index contributed by atoms with van der Waals surface area (Å²) >= 11 is 0. The first-order valence-corrected chi connectivity index (χ1v) is 8.01. The first-order chi connectivity index (χ1) is 13.0. The first kappa shape index (κ1) is 17.9. The fraction of sp³-hybridized carbons (Fsp3) is 0.105. The number of nitro groups is 1. The number of hydrogen-bond acceptors (Lipinski definition) is 6. The molecule has 0 aliphatic carbocycles. The third-order valence-corrected chi connectivity index (χ3v) is 3.76. The third-order valence-electron chi connectivity index (χ3n) is 3.76. The summed E-state index contributed by atoms with van der Waals surface area (Å²) in [6.45, 7) is 1.90. The average Bonchev–Trinajstić information content (AvgIpc) is 2.68. The second-order valence-electron chi connectivity index (χ2n) is 5.51. The molecule has 27 heavy (non-hydrogen) atoms. The molecule has 0 saturated carbocycles. The summed E-state index contributed by atoms with van der Waals surface area (Å²) in [6.07, 6.45) is 0.590. The van der Waals surface area contributed by atoms with E-state index in [1.165, 1.54) is 30.3 Å². The second-order valence-corrected chi connectivity index (χ2v) is 5.51. The van der Waals surface area contributed by atoms with Crippen LogP contribution in [-0.2, 0) is 6.42 Å². The third kappa shape index (κ3) is 3.88. The van der Waals surface area contributed by atoms with Crippen molar-refractivity contribution < 1.29 is 14.1 Å². The number of halogens is 1. The predicted octanol–water partition coefficient (Wildman–Crippen LogP) is 4.42. The molecule has 1 aromatic heterocycles. The van der Waals surface area contributed by atoms with Crippen molar-refractivity contribution in [2.24, 2.45) is 0 Å². The lowest BCUT2D eigenvalue weighted by Gasteiger charge is -2.10. The van der Waals surface area contributed by atoms with Gasteiger partial charge >= 0.3 is 0 Å². The Bertz CT molecular complexity index is 1050. The number of aryl methyl sites for hydroxylation is 1. The largest absolute Gasteiger partial charge is 0.437 e. The van der Waals surface area contributed by atoms with Gasteiger partial charge in [-0.25, -0.2) is 9.37 Å². The standard InChI is InChI=1S/C19H13FN4O3/c1-2-13-10-18(27-17-5-3-4-16(20)15(17)11-21)23-19(22-13)12-6-8-14(9-7-12)24(25)26/h3-10H,2H2,1H3. The Kier molecular flexibility index (Phi) is 5.04. The summed E-state index contributed by atoms with van der Waals surface area (Å²) in [5.41, 5.74) is 0.982. The molecule has 0 amide bonds. The monoisotopic (exact) mass is 364 g/mol. The topological polar surface area (TPSA) is 102 Å². The van der Waals surface area contributed by atoms with E-state index in [-0.39, 0.29) is 22.9 Å². The van der Waals surface area contributed by atoms with Gasteiger partial charge in [0, 0.05) is 29.5 Å². The molecule has 8 heteroatoms. The van der Waals surface area contributed by atoms with Crippen LogP contribution in [0.3, 0.4) is 0 Å². The van der Waals surface area contributed by atoms with Gasteiger partial charge in [0.25, 0.3) is 5.69 Å². The lowest BCUT2D eigenvalue weighted by atomic mass is 10.2. The van der Waals surface area contributed by atoms with Crippen LogP contribution in [0.2, 0.25) is 0 Å². The zero-order valence-electron chi connectivity index (χ0n) is 14.2. The van der Waals surface area contributed by atoms with Gasteiger partial charge in [0.15, 0.2) is 5.82 Å². The molecule has 0 radical (unpaired) electrons. The Hall–Kier alpha value is -3.86. The van der Waals surface area contributed by atoms with Gasteiger partial charge in [-0.15, -0.1) is 0 Å². The molecule has 7 nitrogen and oxygen atoms in total. The van der Waals surface area contributed by atoms with E-state index in [0.29, 0.717) is 23.5 Å². The molecule has 134 valence electrons. The lowest BCUT2D eigenvalue weighted by Crippen LogP contribution is -1.99. The molecule has 0 fully saturated rings. The van der Waals surface area contributed by atoms with Crippen molar-refractivity contribution in [1.82, 2.24) is 9.97 Å². The molecule has 0 saturated heterocycles. The molecular weight excluding hydrogens is 351 g/mol. The maximum absolute atomic E-state index is 13.8. The van der Waals surface area contributed by atoms with Gasteiger partial charge < -0.3 is 4.74 Å². The highest BCUT2D eigenvalue weighted by molar-refractivity contribution is 5.58. The molecule has 0 atom stereocenters. The van der Waals surface area contributed by atoms with Crippen LogP contribution in [0, 0.1) is 27.3 Å². The van der Waals surface area contributed by atoms with Crippen LogP contribution < -0.4 is 4.74 Å².